The maximum absolute atomic E-state index is 12.2. The lowest BCUT2D eigenvalue weighted by Gasteiger charge is -2.28. The molecule has 0 bridgehead atoms. The highest BCUT2D eigenvalue weighted by atomic mass is 16.5. The van der Waals surface area contributed by atoms with Crippen molar-refractivity contribution in [3.05, 3.63) is 35.9 Å². The van der Waals surface area contributed by atoms with E-state index in [0.29, 0.717) is 13.2 Å². The Morgan fingerprint density at radius 1 is 1.25 bits per heavy atom. The molecular formula is C16H20N2O6. The van der Waals surface area contributed by atoms with Gasteiger partial charge in [-0.2, -0.15) is 0 Å². The van der Waals surface area contributed by atoms with E-state index in [1.54, 1.807) is 0 Å². The summed E-state index contributed by atoms with van der Waals surface area (Å²) in [5.74, 6) is -1.09. The molecule has 0 aliphatic carbocycles. The summed E-state index contributed by atoms with van der Waals surface area (Å²) in [6.45, 7) is 0.889. The molecule has 1 fully saturated rings. The second-order valence-corrected chi connectivity index (χ2v) is 5.28. The number of amides is 2. The van der Waals surface area contributed by atoms with E-state index >= 15 is 0 Å². The maximum atomic E-state index is 12.2. The Bertz CT molecular complexity index is 573. The summed E-state index contributed by atoms with van der Waals surface area (Å²) >= 11 is 0. The molecule has 1 heterocycles. The highest BCUT2D eigenvalue weighted by Crippen LogP contribution is 2.04. The average molecular weight is 336 g/mol. The van der Waals surface area contributed by atoms with Crippen LogP contribution in [0.2, 0.25) is 0 Å². The van der Waals surface area contributed by atoms with Crippen molar-refractivity contribution in [3.63, 3.8) is 0 Å². The zero-order valence-electron chi connectivity index (χ0n) is 13.3. The minimum absolute atomic E-state index is 0.0652. The van der Waals surface area contributed by atoms with Gasteiger partial charge in [0.25, 0.3) is 0 Å². The van der Waals surface area contributed by atoms with Gasteiger partial charge in [-0.05, 0) is 5.56 Å². The van der Waals surface area contributed by atoms with Crippen molar-refractivity contribution in [3.8, 4) is 0 Å². The van der Waals surface area contributed by atoms with Gasteiger partial charge < -0.3 is 24.8 Å². The number of benzene rings is 1. The van der Waals surface area contributed by atoms with Gasteiger partial charge >= 0.3 is 12.1 Å². The standard InChI is InChI=1S/C16H20N2O6/c1-22-14(19)7-13(15(20)17-12-9-23-10-12)18-16(21)24-8-11-5-3-2-4-6-11/h2-6,12-13H,7-10H2,1H3,(H,17,20)(H,18,21)/t13-/m0/s1. The molecule has 1 aliphatic rings. The van der Waals surface area contributed by atoms with Crippen molar-refractivity contribution < 1.29 is 28.6 Å². The lowest BCUT2D eigenvalue weighted by molar-refractivity contribution is -0.143. The molecule has 0 radical (unpaired) electrons. The van der Waals surface area contributed by atoms with Gasteiger partial charge in [0, 0.05) is 0 Å². The first-order valence-corrected chi connectivity index (χ1v) is 7.50. The quantitative estimate of drug-likeness (QED) is 0.697. The second-order valence-electron chi connectivity index (χ2n) is 5.28. The van der Waals surface area contributed by atoms with Gasteiger partial charge in [0.15, 0.2) is 0 Å². The Kier molecular flexibility index (Phi) is 6.56. The average Bonchev–Trinajstić information content (AvgIpc) is 2.56. The molecule has 1 aromatic carbocycles. The summed E-state index contributed by atoms with van der Waals surface area (Å²) < 4.78 is 14.6. The highest BCUT2D eigenvalue weighted by Gasteiger charge is 2.29. The predicted octanol–water partition coefficient (Wildman–Crippen LogP) is 0.359. The first-order chi connectivity index (χ1) is 11.6. The minimum Gasteiger partial charge on any atom is -0.469 e. The van der Waals surface area contributed by atoms with Crippen LogP contribution in [0.25, 0.3) is 0 Å². The lowest BCUT2D eigenvalue weighted by Crippen LogP contribution is -2.55. The van der Waals surface area contributed by atoms with E-state index in [-0.39, 0.29) is 19.1 Å². The van der Waals surface area contributed by atoms with Gasteiger partial charge in [-0.15, -0.1) is 0 Å². The van der Waals surface area contributed by atoms with Crippen LogP contribution in [0.5, 0.6) is 0 Å². The van der Waals surface area contributed by atoms with E-state index in [2.05, 4.69) is 15.4 Å². The van der Waals surface area contributed by atoms with Crippen LogP contribution in [0.15, 0.2) is 30.3 Å². The van der Waals surface area contributed by atoms with Crippen molar-refractivity contribution in [2.75, 3.05) is 20.3 Å². The summed E-state index contributed by atoms with van der Waals surface area (Å²) in [4.78, 5) is 35.5. The number of hydrogen-bond donors (Lipinski definition) is 2. The summed E-state index contributed by atoms with van der Waals surface area (Å²) in [6.07, 6.45) is -1.07. The zero-order chi connectivity index (χ0) is 17.4. The Labute approximate surface area is 139 Å². The molecule has 1 atom stereocenters. The van der Waals surface area contributed by atoms with Crippen molar-refractivity contribution in [2.45, 2.75) is 25.1 Å². The zero-order valence-corrected chi connectivity index (χ0v) is 13.3. The topological polar surface area (TPSA) is 103 Å². The van der Waals surface area contributed by atoms with E-state index in [4.69, 9.17) is 9.47 Å². The van der Waals surface area contributed by atoms with Gasteiger partial charge in [-0.25, -0.2) is 4.79 Å². The highest BCUT2D eigenvalue weighted by molar-refractivity contribution is 5.89. The normalized spacial score (nSPS) is 14.9. The molecule has 0 unspecified atom stereocenters. The third-order valence-electron chi connectivity index (χ3n) is 3.40. The fraction of sp³-hybridized carbons (Fsp3) is 0.438. The van der Waals surface area contributed by atoms with E-state index in [0.717, 1.165) is 5.56 Å². The van der Waals surface area contributed by atoms with E-state index < -0.39 is 24.0 Å². The van der Waals surface area contributed by atoms with Crippen molar-refractivity contribution in [2.24, 2.45) is 0 Å². The Morgan fingerprint density at radius 2 is 1.96 bits per heavy atom. The number of hydrogen-bond acceptors (Lipinski definition) is 6. The molecule has 130 valence electrons. The molecule has 1 aliphatic heterocycles. The van der Waals surface area contributed by atoms with Crippen LogP contribution in [0.4, 0.5) is 4.79 Å². The largest absolute Gasteiger partial charge is 0.469 e. The Hall–Kier alpha value is -2.61. The number of esters is 1. The van der Waals surface area contributed by atoms with Gasteiger partial charge in [0.1, 0.15) is 12.6 Å². The Balaban J connectivity index is 1.86. The van der Waals surface area contributed by atoms with Crippen LogP contribution in [0.3, 0.4) is 0 Å². The summed E-state index contributed by atoms with van der Waals surface area (Å²) in [5.41, 5.74) is 0.813. The van der Waals surface area contributed by atoms with Gasteiger partial charge in [0.05, 0.1) is 32.8 Å². The third-order valence-corrected chi connectivity index (χ3v) is 3.40. The van der Waals surface area contributed by atoms with Crippen LogP contribution in [-0.2, 0) is 30.4 Å². The number of carbonyl (C=O) groups is 3. The molecular weight excluding hydrogens is 316 g/mol. The molecule has 2 amide bonds. The van der Waals surface area contributed by atoms with Crippen LogP contribution in [0, 0.1) is 0 Å². The van der Waals surface area contributed by atoms with Crippen LogP contribution in [-0.4, -0.2) is 50.4 Å². The van der Waals surface area contributed by atoms with E-state index in [1.165, 1.54) is 7.11 Å². The molecule has 0 aromatic heterocycles. The van der Waals surface area contributed by atoms with Crippen LogP contribution < -0.4 is 10.6 Å². The van der Waals surface area contributed by atoms with E-state index in [9.17, 15) is 14.4 Å². The number of carbonyl (C=O) groups excluding carboxylic acids is 3. The maximum Gasteiger partial charge on any atom is 0.408 e. The van der Waals surface area contributed by atoms with Gasteiger partial charge in [-0.1, -0.05) is 30.3 Å². The molecule has 0 spiro atoms. The number of ether oxygens (including phenoxy) is 3. The number of methoxy groups -OCH3 is 1. The molecule has 8 heteroatoms. The number of nitrogens with one attached hydrogen (secondary N) is 2. The summed E-state index contributed by atoms with van der Waals surface area (Å²) in [5, 5.41) is 5.07. The fourth-order valence-electron chi connectivity index (χ4n) is 1.99. The van der Waals surface area contributed by atoms with Crippen molar-refractivity contribution in [1.82, 2.24) is 10.6 Å². The lowest BCUT2D eigenvalue weighted by atomic mass is 10.1. The fourth-order valence-corrected chi connectivity index (χ4v) is 1.99. The first kappa shape index (κ1) is 17.7. The third kappa shape index (κ3) is 5.54. The van der Waals surface area contributed by atoms with Crippen LogP contribution in [0.1, 0.15) is 12.0 Å². The molecule has 2 rings (SSSR count). The molecule has 24 heavy (non-hydrogen) atoms. The number of alkyl carbamates (subject to hydrolysis) is 1. The molecule has 1 aromatic rings. The minimum atomic E-state index is -1.07. The molecule has 8 nitrogen and oxygen atoms in total. The van der Waals surface area contributed by atoms with Gasteiger partial charge in [0.2, 0.25) is 5.91 Å². The Morgan fingerprint density at radius 3 is 2.54 bits per heavy atom. The molecule has 2 N–H and O–H groups in total. The van der Waals surface area contributed by atoms with Gasteiger partial charge in [-0.3, -0.25) is 9.59 Å². The molecule has 0 saturated carbocycles. The predicted molar refractivity (Wildman–Crippen MR) is 82.9 cm³/mol. The summed E-state index contributed by atoms with van der Waals surface area (Å²) in [6, 6.07) is 7.94. The van der Waals surface area contributed by atoms with Crippen molar-refractivity contribution in [1.29, 1.82) is 0 Å². The summed E-state index contributed by atoms with van der Waals surface area (Å²) in [7, 11) is 1.21. The molecule has 1 saturated heterocycles. The monoisotopic (exact) mass is 336 g/mol. The second kappa shape index (κ2) is 8.88. The van der Waals surface area contributed by atoms with Crippen molar-refractivity contribution >= 4 is 18.0 Å². The number of rotatable bonds is 7. The van der Waals surface area contributed by atoms with E-state index in [1.807, 2.05) is 30.3 Å². The first-order valence-electron chi connectivity index (χ1n) is 7.50. The van der Waals surface area contributed by atoms with Crippen LogP contribution >= 0.6 is 0 Å². The SMILES string of the molecule is COC(=O)C[C@H](NC(=O)OCc1ccccc1)C(=O)NC1COC1. The smallest absolute Gasteiger partial charge is 0.408 e.